The molecule has 0 saturated heterocycles. The van der Waals surface area contributed by atoms with Crippen molar-refractivity contribution in [3.63, 3.8) is 0 Å². The Morgan fingerprint density at radius 1 is 1.06 bits per heavy atom. The quantitative estimate of drug-likeness (QED) is 0.648. The first kappa shape index (κ1) is 10.3. The van der Waals surface area contributed by atoms with Crippen LogP contribution in [-0.4, -0.2) is 14.5 Å². The van der Waals surface area contributed by atoms with Gasteiger partial charge in [-0.3, -0.25) is 4.57 Å². The summed E-state index contributed by atoms with van der Waals surface area (Å²) in [5.74, 6) is 1.28. The summed E-state index contributed by atoms with van der Waals surface area (Å²) in [6, 6.07) is 11.8. The van der Waals surface area contributed by atoms with Crippen LogP contribution >= 0.6 is 11.6 Å². The molecule has 3 aromatic rings. The van der Waals surface area contributed by atoms with E-state index < -0.39 is 0 Å². The van der Waals surface area contributed by atoms with Crippen molar-refractivity contribution in [1.29, 1.82) is 0 Å². The molecule has 2 heterocycles. The topological polar surface area (TPSA) is 30.7 Å². The summed E-state index contributed by atoms with van der Waals surface area (Å²) in [7, 11) is 0. The predicted molar refractivity (Wildman–Crippen MR) is 68.4 cm³/mol. The standard InChI is InChI=1S/C13H10ClN3/c14-8-10-4-3-7-15-13(10)17-9-16-11-5-1-2-6-12(11)17/h1-7,9H,8H2. The minimum absolute atomic E-state index is 0.440. The van der Waals surface area contributed by atoms with Crippen LogP contribution in [0.3, 0.4) is 0 Å². The van der Waals surface area contributed by atoms with Gasteiger partial charge in [-0.05, 0) is 18.2 Å². The number of para-hydroxylation sites is 2. The van der Waals surface area contributed by atoms with Gasteiger partial charge in [0.2, 0.25) is 0 Å². The number of rotatable bonds is 2. The minimum Gasteiger partial charge on any atom is -0.283 e. The lowest BCUT2D eigenvalue weighted by atomic mass is 10.2. The van der Waals surface area contributed by atoms with Gasteiger partial charge >= 0.3 is 0 Å². The fraction of sp³-hybridized carbons (Fsp3) is 0.0769. The molecule has 0 bridgehead atoms. The van der Waals surface area contributed by atoms with Crippen molar-refractivity contribution in [3.8, 4) is 5.82 Å². The van der Waals surface area contributed by atoms with Gasteiger partial charge < -0.3 is 0 Å². The third-order valence-electron chi connectivity index (χ3n) is 2.69. The Kier molecular flexibility index (Phi) is 2.53. The van der Waals surface area contributed by atoms with Crippen molar-refractivity contribution in [2.24, 2.45) is 0 Å². The Bertz CT molecular complexity index is 660. The summed E-state index contributed by atoms with van der Waals surface area (Å²) in [5.41, 5.74) is 2.99. The fourth-order valence-corrected chi connectivity index (χ4v) is 2.09. The Hall–Kier alpha value is -1.87. The molecule has 3 rings (SSSR count). The number of hydrogen-bond donors (Lipinski definition) is 0. The third-order valence-corrected chi connectivity index (χ3v) is 2.98. The highest BCUT2D eigenvalue weighted by molar-refractivity contribution is 6.17. The molecule has 0 aliphatic carbocycles. The molecule has 0 unspecified atom stereocenters. The van der Waals surface area contributed by atoms with E-state index in [1.165, 1.54) is 0 Å². The van der Waals surface area contributed by atoms with Gasteiger partial charge in [0.15, 0.2) is 0 Å². The number of fused-ring (bicyclic) bond motifs is 1. The molecule has 1 aromatic carbocycles. The average Bonchev–Trinajstić information content (AvgIpc) is 2.82. The van der Waals surface area contributed by atoms with Crippen LogP contribution in [0.4, 0.5) is 0 Å². The summed E-state index contributed by atoms with van der Waals surface area (Å²) in [5, 5.41) is 0. The lowest BCUT2D eigenvalue weighted by molar-refractivity contribution is 0.997. The number of aromatic nitrogens is 3. The van der Waals surface area contributed by atoms with E-state index >= 15 is 0 Å². The lowest BCUT2D eigenvalue weighted by Crippen LogP contribution is -1.99. The molecule has 0 saturated carbocycles. The van der Waals surface area contributed by atoms with Crippen LogP contribution in [0.2, 0.25) is 0 Å². The Labute approximate surface area is 104 Å². The summed E-state index contributed by atoms with van der Waals surface area (Å²) >= 11 is 5.93. The number of imidazole rings is 1. The zero-order valence-corrected chi connectivity index (χ0v) is 9.80. The van der Waals surface area contributed by atoms with Crippen LogP contribution in [0.25, 0.3) is 16.9 Å². The first-order valence-electron chi connectivity index (χ1n) is 5.32. The lowest BCUT2D eigenvalue weighted by Gasteiger charge is -2.07. The van der Waals surface area contributed by atoms with Crippen LogP contribution in [0.15, 0.2) is 48.9 Å². The Balaban J connectivity index is 2.27. The molecule has 0 N–H and O–H groups in total. The van der Waals surface area contributed by atoms with Crippen molar-refractivity contribution >= 4 is 22.6 Å². The van der Waals surface area contributed by atoms with Gasteiger partial charge in [0.25, 0.3) is 0 Å². The largest absolute Gasteiger partial charge is 0.283 e. The van der Waals surface area contributed by atoms with Crippen LogP contribution in [0.5, 0.6) is 0 Å². The number of alkyl halides is 1. The zero-order valence-electron chi connectivity index (χ0n) is 9.05. The van der Waals surface area contributed by atoms with E-state index in [9.17, 15) is 0 Å². The van der Waals surface area contributed by atoms with Crippen LogP contribution in [-0.2, 0) is 5.88 Å². The van der Waals surface area contributed by atoms with Crippen LogP contribution < -0.4 is 0 Å². The smallest absolute Gasteiger partial charge is 0.142 e. The second kappa shape index (κ2) is 4.18. The molecule has 0 fully saturated rings. The molecule has 0 radical (unpaired) electrons. The predicted octanol–water partition coefficient (Wildman–Crippen LogP) is 3.16. The van der Waals surface area contributed by atoms with E-state index in [2.05, 4.69) is 9.97 Å². The van der Waals surface area contributed by atoms with E-state index in [1.54, 1.807) is 12.5 Å². The van der Waals surface area contributed by atoms with Gasteiger partial charge in [-0.15, -0.1) is 11.6 Å². The van der Waals surface area contributed by atoms with E-state index in [1.807, 2.05) is 41.0 Å². The minimum atomic E-state index is 0.440. The molecule has 0 amide bonds. The third kappa shape index (κ3) is 1.68. The van der Waals surface area contributed by atoms with Crippen molar-refractivity contribution in [2.45, 2.75) is 5.88 Å². The molecule has 0 aliphatic rings. The molecule has 2 aromatic heterocycles. The first-order chi connectivity index (χ1) is 8.40. The Morgan fingerprint density at radius 2 is 1.94 bits per heavy atom. The second-order valence-electron chi connectivity index (χ2n) is 3.72. The zero-order chi connectivity index (χ0) is 11.7. The van der Waals surface area contributed by atoms with Gasteiger partial charge in [0.05, 0.1) is 16.9 Å². The van der Waals surface area contributed by atoms with Gasteiger partial charge in [0.1, 0.15) is 12.1 Å². The van der Waals surface area contributed by atoms with Crippen molar-refractivity contribution in [3.05, 3.63) is 54.5 Å². The summed E-state index contributed by atoms with van der Waals surface area (Å²) in [6.45, 7) is 0. The molecule has 17 heavy (non-hydrogen) atoms. The highest BCUT2D eigenvalue weighted by atomic mass is 35.5. The van der Waals surface area contributed by atoms with Gasteiger partial charge in [-0.2, -0.15) is 0 Å². The molecular weight excluding hydrogens is 234 g/mol. The molecule has 84 valence electrons. The number of nitrogens with zero attached hydrogens (tertiary/aromatic N) is 3. The molecule has 0 atom stereocenters. The van der Waals surface area contributed by atoms with Crippen molar-refractivity contribution < 1.29 is 0 Å². The number of pyridine rings is 1. The van der Waals surface area contributed by atoms with E-state index in [4.69, 9.17) is 11.6 Å². The Morgan fingerprint density at radius 3 is 2.82 bits per heavy atom. The van der Waals surface area contributed by atoms with Gasteiger partial charge in [0, 0.05) is 11.8 Å². The summed E-state index contributed by atoms with van der Waals surface area (Å²) in [4.78, 5) is 8.73. The highest BCUT2D eigenvalue weighted by Gasteiger charge is 2.08. The maximum atomic E-state index is 5.93. The van der Waals surface area contributed by atoms with Crippen molar-refractivity contribution in [2.75, 3.05) is 0 Å². The monoisotopic (exact) mass is 243 g/mol. The fourth-order valence-electron chi connectivity index (χ4n) is 1.88. The van der Waals surface area contributed by atoms with E-state index in [0.29, 0.717) is 5.88 Å². The SMILES string of the molecule is ClCc1cccnc1-n1cnc2ccccc21. The second-order valence-corrected chi connectivity index (χ2v) is 3.99. The number of halogens is 1. The highest BCUT2D eigenvalue weighted by Crippen LogP contribution is 2.19. The molecule has 4 heteroatoms. The average molecular weight is 244 g/mol. The van der Waals surface area contributed by atoms with E-state index in [0.717, 1.165) is 22.4 Å². The molecule has 0 aliphatic heterocycles. The summed E-state index contributed by atoms with van der Waals surface area (Å²) in [6.07, 6.45) is 3.54. The van der Waals surface area contributed by atoms with Crippen LogP contribution in [0.1, 0.15) is 5.56 Å². The number of hydrogen-bond acceptors (Lipinski definition) is 2. The molecular formula is C13H10ClN3. The van der Waals surface area contributed by atoms with Crippen LogP contribution in [0, 0.1) is 0 Å². The maximum Gasteiger partial charge on any atom is 0.142 e. The first-order valence-corrected chi connectivity index (χ1v) is 5.86. The maximum absolute atomic E-state index is 5.93. The van der Waals surface area contributed by atoms with Gasteiger partial charge in [-0.25, -0.2) is 9.97 Å². The van der Waals surface area contributed by atoms with Gasteiger partial charge in [-0.1, -0.05) is 18.2 Å². The molecule has 0 spiro atoms. The summed E-state index contributed by atoms with van der Waals surface area (Å²) < 4.78 is 1.97. The number of benzene rings is 1. The molecule has 3 nitrogen and oxygen atoms in total. The van der Waals surface area contributed by atoms with Crippen molar-refractivity contribution in [1.82, 2.24) is 14.5 Å². The normalized spacial score (nSPS) is 10.9. The van der Waals surface area contributed by atoms with E-state index in [-0.39, 0.29) is 0 Å².